The number of aromatic nitrogens is 2. The molecule has 0 aliphatic heterocycles. The number of benzene rings is 1. The van der Waals surface area contributed by atoms with Gasteiger partial charge in [-0.05, 0) is 30.7 Å². The molecule has 2 unspecified atom stereocenters. The predicted molar refractivity (Wildman–Crippen MR) is 93.2 cm³/mol. The van der Waals surface area contributed by atoms with Crippen LogP contribution in [0.5, 0.6) is 0 Å². The smallest absolute Gasteiger partial charge is 0.338 e. The predicted octanol–water partition coefficient (Wildman–Crippen LogP) is 2.50. The minimum atomic E-state index is -1.04. The number of carbonyl (C=O) groups excluding carboxylic acids is 1. The summed E-state index contributed by atoms with van der Waals surface area (Å²) in [7, 11) is 0. The van der Waals surface area contributed by atoms with E-state index < -0.39 is 5.97 Å². The van der Waals surface area contributed by atoms with Gasteiger partial charge in [-0.15, -0.1) is 0 Å². The molecule has 6 nitrogen and oxygen atoms in total. The van der Waals surface area contributed by atoms with E-state index in [-0.39, 0.29) is 24.1 Å². The normalized spacial score (nSPS) is 20.2. The molecule has 1 saturated carbocycles. The van der Waals surface area contributed by atoms with Crippen LogP contribution in [0.2, 0.25) is 0 Å². The van der Waals surface area contributed by atoms with Gasteiger partial charge in [0.25, 0.3) is 0 Å². The molecule has 3 rings (SSSR count). The Hall–Kier alpha value is -2.63. The summed E-state index contributed by atoms with van der Waals surface area (Å²) < 4.78 is 1.37. The molecule has 0 saturated heterocycles. The summed E-state index contributed by atoms with van der Waals surface area (Å²) >= 11 is 0. The molecule has 2 aromatic rings. The Labute approximate surface area is 146 Å². The van der Waals surface area contributed by atoms with Gasteiger partial charge < -0.3 is 10.4 Å². The lowest BCUT2D eigenvalue weighted by Crippen LogP contribution is -2.44. The van der Waals surface area contributed by atoms with E-state index in [1.54, 1.807) is 0 Å². The lowest BCUT2D eigenvalue weighted by Gasteiger charge is -2.32. The van der Waals surface area contributed by atoms with Crippen LogP contribution < -0.4 is 5.32 Å². The van der Waals surface area contributed by atoms with Crippen molar-refractivity contribution in [2.45, 2.75) is 44.7 Å². The van der Waals surface area contributed by atoms with E-state index in [0.717, 1.165) is 25.7 Å². The van der Waals surface area contributed by atoms with Gasteiger partial charge in [-0.3, -0.25) is 9.48 Å². The fraction of sp³-hybridized carbons (Fsp3) is 0.421. The maximum atomic E-state index is 12.3. The molecule has 0 bridgehead atoms. The molecule has 1 aromatic carbocycles. The molecule has 2 atom stereocenters. The van der Waals surface area contributed by atoms with Crippen LogP contribution in [0.25, 0.3) is 0 Å². The van der Waals surface area contributed by atoms with Crippen molar-refractivity contribution in [3.05, 3.63) is 53.9 Å². The Morgan fingerprint density at radius 3 is 2.68 bits per heavy atom. The zero-order valence-electron chi connectivity index (χ0n) is 14.1. The second-order valence-corrected chi connectivity index (χ2v) is 6.64. The Balaban J connectivity index is 1.58. The Kier molecular flexibility index (Phi) is 5.48. The first kappa shape index (κ1) is 17.2. The first-order valence-electron chi connectivity index (χ1n) is 8.71. The molecule has 25 heavy (non-hydrogen) atoms. The molecule has 0 spiro atoms. The van der Waals surface area contributed by atoms with Gasteiger partial charge in [-0.1, -0.05) is 43.2 Å². The first-order chi connectivity index (χ1) is 12.1. The first-order valence-corrected chi connectivity index (χ1v) is 8.71. The van der Waals surface area contributed by atoms with Crippen LogP contribution in [0.1, 0.15) is 41.6 Å². The number of rotatable bonds is 6. The number of aromatic carboxylic acids is 1. The lowest BCUT2D eigenvalue weighted by molar-refractivity contribution is -0.123. The molecular formula is C19H23N3O3. The number of carbonyl (C=O) groups is 2. The van der Waals surface area contributed by atoms with Gasteiger partial charge in [0.05, 0.1) is 11.8 Å². The number of hydrogen-bond acceptors (Lipinski definition) is 3. The molecule has 1 aromatic heterocycles. The third kappa shape index (κ3) is 4.68. The van der Waals surface area contributed by atoms with Gasteiger partial charge >= 0.3 is 5.97 Å². The van der Waals surface area contributed by atoms with Gasteiger partial charge in [0.15, 0.2) is 0 Å². The van der Waals surface area contributed by atoms with Crippen molar-refractivity contribution in [3.8, 4) is 0 Å². The number of carboxylic acid groups (broad SMARTS) is 1. The SMILES string of the molecule is O=C(Cn1cc(C(=O)O)cn1)NC1CCCCC1Cc1ccccc1. The van der Waals surface area contributed by atoms with E-state index in [1.807, 2.05) is 18.2 Å². The highest BCUT2D eigenvalue weighted by molar-refractivity contribution is 5.87. The van der Waals surface area contributed by atoms with Crippen LogP contribution in [-0.2, 0) is 17.8 Å². The quantitative estimate of drug-likeness (QED) is 0.845. The molecule has 1 aliphatic carbocycles. The third-order valence-electron chi connectivity index (χ3n) is 4.78. The molecule has 1 aliphatic rings. The van der Waals surface area contributed by atoms with Crippen molar-refractivity contribution in [3.63, 3.8) is 0 Å². The molecule has 0 radical (unpaired) electrons. The second-order valence-electron chi connectivity index (χ2n) is 6.64. The van der Waals surface area contributed by atoms with Crippen LogP contribution in [0, 0.1) is 5.92 Å². The molecule has 132 valence electrons. The highest BCUT2D eigenvalue weighted by Crippen LogP contribution is 2.27. The minimum Gasteiger partial charge on any atom is -0.478 e. The van der Waals surface area contributed by atoms with Crippen molar-refractivity contribution < 1.29 is 14.7 Å². The summed E-state index contributed by atoms with van der Waals surface area (Å²) in [6, 6.07) is 10.5. The van der Waals surface area contributed by atoms with Gasteiger partial charge in [0, 0.05) is 12.2 Å². The monoisotopic (exact) mass is 341 g/mol. The zero-order chi connectivity index (χ0) is 17.6. The summed E-state index contributed by atoms with van der Waals surface area (Å²) in [5.74, 6) is -0.723. The largest absolute Gasteiger partial charge is 0.478 e. The summed E-state index contributed by atoms with van der Waals surface area (Å²) in [5.41, 5.74) is 1.39. The van der Waals surface area contributed by atoms with E-state index >= 15 is 0 Å². The number of nitrogens with zero attached hydrogens (tertiary/aromatic N) is 2. The van der Waals surface area contributed by atoms with Crippen LogP contribution in [0.4, 0.5) is 0 Å². The topological polar surface area (TPSA) is 84.2 Å². The molecule has 1 fully saturated rings. The Morgan fingerprint density at radius 2 is 1.96 bits per heavy atom. The fourth-order valence-electron chi connectivity index (χ4n) is 3.52. The van der Waals surface area contributed by atoms with E-state index in [4.69, 9.17) is 5.11 Å². The van der Waals surface area contributed by atoms with E-state index in [2.05, 4.69) is 22.5 Å². The summed E-state index contributed by atoms with van der Waals surface area (Å²) in [6.45, 7) is 0.0435. The highest BCUT2D eigenvalue weighted by atomic mass is 16.4. The summed E-state index contributed by atoms with van der Waals surface area (Å²) in [6.07, 6.45) is 8.04. The van der Waals surface area contributed by atoms with Crippen molar-refractivity contribution >= 4 is 11.9 Å². The molecule has 1 amide bonds. The molecular weight excluding hydrogens is 318 g/mol. The van der Waals surface area contributed by atoms with Gasteiger partial charge in [-0.2, -0.15) is 5.10 Å². The fourth-order valence-corrected chi connectivity index (χ4v) is 3.52. The van der Waals surface area contributed by atoms with Gasteiger partial charge in [0.1, 0.15) is 6.54 Å². The highest BCUT2D eigenvalue weighted by Gasteiger charge is 2.26. The van der Waals surface area contributed by atoms with Crippen molar-refractivity contribution in [2.75, 3.05) is 0 Å². The molecule has 2 N–H and O–H groups in total. The van der Waals surface area contributed by atoms with Crippen molar-refractivity contribution in [1.29, 1.82) is 0 Å². The summed E-state index contributed by atoms with van der Waals surface area (Å²) in [5, 5.41) is 16.0. The van der Waals surface area contributed by atoms with Gasteiger partial charge in [-0.25, -0.2) is 4.79 Å². The lowest BCUT2D eigenvalue weighted by atomic mass is 9.80. The number of carboxylic acids is 1. The van der Waals surface area contributed by atoms with E-state index in [9.17, 15) is 9.59 Å². The number of amides is 1. The average Bonchev–Trinajstić information content (AvgIpc) is 3.06. The van der Waals surface area contributed by atoms with Crippen molar-refractivity contribution in [1.82, 2.24) is 15.1 Å². The number of hydrogen-bond donors (Lipinski definition) is 2. The third-order valence-corrected chi connectivity index (χ3v) is 4.78. The second kappa shape index (κ2) is 7.96. The van der Waals surface area contributed by atoms with Crippen molar-refractivity contribution in [2.24, 2.45) is 5.92 Å². The van der Waals surface area contributed by atoms with E-state index in [0.29, 0.717) is 5.92 Å². The summed E-state index contributed by atoms with van der Waals surface area (Å²) in [4.78, 5) is 23.2. The molecule has 6 heteroatoms. The minimum absolute atomic E-state index is 0.0435. The zero-order valence-corrected chi connectivity index (χ0v) is 14.1. The van der Waals surface area contributed by atoms with E-state index in [1.165, 1.54) is 29.1 Å². The van der Waals surface area contributed by atoms with Crippen LogP contribution in [0.3, 0.4) is 0 Å². The average molecular weight is 341 g/mol. The Morgan fingerprint density at radius 1 is 1.20 bits per heavy atom. The maximum Gasteiger partial charge on any atom is 0.338 e. The van der Waals surface area contributed by atoms with Crippen LogP contribution in [-0.4, -0.2) is 32.8 Å². The van der Waals surface area contributed by atoms with Gasteiger partial charge in [0.2, 0.25) is 5.91 Å². The Bertz CT molecular complexity index is 727. The van der Waals surface area contributed by atoms with Crippen LogP contribution >= 0.6 is 0 Å². The standard InChI is InChI=1S/C19H23N3O3/c23-18(13-22-12-16(11-20-22)19(24)25)21-17-9-5-4-8-15(17)10-14-6-2-1-3-7-14/h1-3,6-7,11-12,15,17H,4-5,8-10,13H2,(H,21,23)(H,24,25). The maximum absolute atomic E-state index is 12.3. The molecule has 1 heterocycles. The van der Waals surface area contributed by atoms with Crippen LogP contribution in [0.15, 0.2) is 42.7 Å². The number of nitrogens with one attached hydrogen (secondary N) is 1.